The molecule has 1 heterocycles. The van der Waals surface area contributed by atoms with Gasteiger partial charge in [-0.3, -0.25) is 4.31 Å². The molecule has 0 radical (unpaired) electrons. The number of ether oxygens (including phenoxy) is 1. The van der Waals surface area contributed by atoms with E-state index in [0.717, 1.165) is 11.8 Å². The third-order valence-electron chi connectivity index (χ3n) is 5.69. The van der Waals surface area contributed by atoms with Gasteiger partial charge >= 0.3 is 5.97 Å². The number of aromatic amines is 1. The molecule has 0 saturated heterocycles. The molecule has 0 unspecified atom stereocenters. The number of anilines is 1. The Kier molecular flexibility index (Phi) is 7.61. The fourth-order valence-corrected chi connectivity index (χ4v) is 4.99. The van der Waals surface area contributed by atoms with Crippen LogP contribution in [-0.4, -0.2) is 56.1 Å². The maximum absolute atomic E-state index is 12.2. The van der Waals surface area contributed by atoms with E-state index in [4.69, 9.17) is 15.5 Å². The van der Waals surface area contributed by atoms with E-state index in [1.165, 1.54) is 4.31 Å². The summed E-state index contributed by atoms with van der Waals surface area (Å²) in [7, 11) is -3.49. The molecule has 0 aliphatic rings. The third kappa shape index (κ3) is 5.65. The normalized spacial score (nSPS) is 12.0. The van der Waals surface area contributed by atoms with Crippen molar-refractivity contribution in [1.29, 1.82) is 0 Å². The molecule has 0 amide bonds. The van der Waals surface area contributed by atoms with Crippen LogP contribution in [0.1, 0.15) is 28.4 Å². The van der Waals surface area contributed by atoms with Crippen LogP contribution < -0.4 is 10.0 Å². The first-order valence-electron chi connectivity index (χ1n) is 11.7. The molecule has 0 fully saturated rings. The van der Waals surface area contributed by atoms with Crippen molar-refractivity contribution in [2.75, 3.05) is 30.3 Å². The summed E-state index contributed by atoms with van der Waals surface area (Å²) in [4.78, 5) is 20.0. The lowest BCUT2D eigenvalue weighted by molar-refractivity contribution is 0.0526. The number of esters is 1. The number of sulfonamides is 1. The van der Waals surface area contributed by atoms with E-state index in [0.29, 0.717) is 39.1 Å². The van der Waals surface area contributed by atoms with Crippen LogP contribution in [0.3, 0.4) is 0 Å². The summed E-state index contributed by atoms with van der Waals surface area (Å²) in [6.45, 7) is 2.34. The van der Waals surface area contributed by atoms with Gasteiger partial charge in [0, 0.05) is 29.6 Å². The van der Waals surface area contributed by atoms with Gasteiger partial charge in [-0.05, 0) is 43.3 Å². The summed E-state index contributed by atoms with van der Waals surface area (Å²) >= 11 is 0. The Labute approximate surface area is 215 Å². The van der Waals surface area contributed by atoms with Gasteiger partial charge in [0.25, 0.3) is 0 Å². The molecule has 0 spiro atoms. The maximum Gasteiger partial charge on any atom is 0.338 e. The Balaban J connectivity index is 1.82. The van der Waals surface area contributed by atoms with Crippen LogP contribution in [0.25, 0.3) is 10.9 Å². The van der Waals surface area contributed by atoms with Gasteiger partial charge in [0.05, 0.1) is 41.1 Å². The van der Waals surface area contributed by atoms with Crippen molar-refractivity contribution in [2.45, 2.75) is 6.92 Å². The molecule has 0 aliphatic carbocycles. The molecule has 1 aromatic heterocycles. The van der Waals surface area contributed by atoms with Gasteiger partial charge in [-0.25, -0.2) is 18.2 Å². The Hall–Kier alpha value is -4.15. The van der Waals surface area contributed by atoms with Gasteiger partial charge in [0.2, 0.25) is 10.0 Å². The Morgan fingerprint density at radius 2 is 1.76 bits per heavy atom. The second kappa shape index (κ2) is 10.9. The number of nitrogens with zero attached hydrogens (tertiary/aromatic N) is 2. The van der Waals surface area contributed by atoms with Crippen molar-refractivity contribution in [3.63, 3.8) is 0 Å². The van der Waals surface area contributed by atoms with E-state index in [1.54, 1.807) is 49.4 Å². The van der Waals surface area contributed by atoms with E-state index < -0.39 is 16.0 Å². The number of rotatable bonds is 9. The first kappa shape index (κ1) is 25.9. The molecular weight excluding hydrogens is 492 g/mol. The first-order valence-corrected chi connectivity index (χ1v) is 13.5. The number of H-pyrrole nitrogens is 1. The highest BCUT2D eigenvalue weighted by Gasteiger charge is 2.21. The van der Waals surface area contributed by atoms with E-state index in [1.807, 2.05) is 30.3 Å². The highest BCUT2D eigenvalue weighted by molar-refractivity contribution is 7.92. The average molecular weight is 521 g/mol. The van der Waals surface area contributed by atoms with E-state index in [-0.39, 0.29) is 25.6 Å². The van der Waals surface area contributed by atoms with Crippen molar-refractivity contribution >= 4 is 44.0 Å². The number of nitrogens with two attached hydrogens (primary N) is 1. The highest BCUT2D eigenvalue weighted by atomic mass is 32.2. The number of aliphatic imine (C=N–C) groups is 1. The number of hydrogen-bond donors (Lipinski definition) is 3. The summed E-state index contributed by atoms with van der Waals surface area (Å²) in [6.07, 6.45) is 1.13. The second-order valence-electron chi connectivity index (χ2n) is 8.30. The molecule has 4 N–H and O–H groups in total. The topological polar surface area (TPSA) is 138 Å². The van der Waals surface area contributed by atoms with Crippen molar-refractivity contribution in [3.8, 4) is 5.88 Å². The van der Waals surface area contributed by atoms with Gasteiger partial charge in [-0.2, -0.15) is 0 Å². The number of aromatic nitrogens is 1. The fourth-order valence-electron chi connectivity index (χ4n) is 4.05. The fraction of sp³-hybridized carbons (Fsp3) is 0.185. The highest BCUT2D eigenvalue weighted by Crippen LogP contribution is 2.32. The minimum atomic E-state index is -3.49. The van der Waals surface area contributed by atoms with E-state index >= 15 is 0 Å². The summed E-state index contributed by atoms with van der Waals surface area (Å²) < 4.78 is 30.7. The standard InChI is InChI=1S/C27H28N4O5S/c1-3-36-27(33)19-9-14-22-23(17-19)30-26(32)24(22)25(18-7-5-4-6-8-18)29-20-10-12-21(13-11-20)31(16-15-28)37(2,34)35/h4-14,17,30,32H,3,15-16,28H2,1-2H3. The molecule has 37 heavy (non-hydrogen) atoms. The van der Waals surface area contributed by atoms with Crippen LogP contribution in [0.5, 0.6) is 5.88 Å². The molecule has 192 valence electrons. The van der Waals surface area contributed by atoms with Gasteiger partial charge in [0.15, 0.2) is 5.88 Å². The monoisotopic (exact) mass is 520 g/mol. The van der Waals surface area contributed by atoms with Crippen LogP contribution in [0.15, 0.2) is 77.8 Å². The minimum absolute atomic E-state index is 0.0959. The Morgan fingerprint density at radius 1 is 1.05 bits per heavy atom. The lowest BCUT2D eigenvalue weighted by atomic mass is 10.00. The van der Waals surface area contributed by atoms with Crippen LogP contribution in [0, 0.1) is 0 Å². The van der Waals surface area contributed by atoms with Crippen molar-refractivity contribution in [2.24, 2.45) is 10.7 Å². The van der Waals surface area contributed by atoms with Crippen molar-refractivity contribution in [1.82, 2.24) is 4.98 Å². The van der Waals surface area contributed by atoms with Gasteiger partial charge in [-0.1, -0.05) is 36.4 Å². The van der Waals surface area contributed by atoms with Gasteiger partial charge in [-0.15, -0.1) is 0 Å². The van der Waals surface area contributed by atoms with Crippen LogP contribution >= 0.6 is 0 Å². The maximum atomic E-state index is 12.2. The SMILES string of the molecule is CCOC(=O)c1ccc2c(C(=Nc3ccc(N(CCN)S(C)(=O)=O)cc3)c3ccccc3)c(O)[nH]c2c1. The molecule has 4 rings (SSSR count). The predicted octanol–water partition coefficient (Wildman–Crippen LogP) is 3.94. The number of carbonyl (C=O) groups excluding carboxylic acids is 1. The first-order chi connectivity index (χ1) is 17.7. The Morgan fingerprint density at radius 3 is 2.38 bits per heavy atom. The smallest absolute Gasteiger partial charge is 0.338 e. The van der Waals surface area contributed by atoms with Crippen LogP contribution in [0.2, 0.25) is 0 Å². The largest absolute Gasteiger partial charge is 0.494 e. The minimum Gasteiger partial charge on any atom is -0.494 e. The predicted molar refractivity (Wildman–Crippen MR) is 145 cm³/mol. The van der Waals surface area contributed by atoms with Gasteiger partial charge in [0.1, 0.15) is 0 Å². The number of nitrogens with one attached hydrogen (secondary N) is 1. The molecule has 0 saturated carbocycles. The molecule has 0 atom stereocenters. The van der Waals surface area contributed by atoms with Crippen LogP contribution in [-0.2, 0) is 14.8 Å². The summed E-state index contributed by atoms with van der Waals surface area (Å²) in [5, 5.41) is 11.6. The van der Waals surface area contributed by atoms with Gasteiger partial charge < -0.3 is 20.6 Å². The van der Waals surface area contributed by atoms with E-state index in [2.05, 4.69) is 4.98 Å². The summed E-state index contributed by atoms with van der Waals surface area (Å²) in [5.74, 6) is -0.545. The Bertz CT molecular complexity index is 1550. The second-order valence-corrected chi connectivity index (χ2v) is 10.2. The van der Waals surface area contributed by atoms with Crippen molar-refractivity contribution < 1.29 is 23.1 Å². The zero-order valence-electron chi connectivity index (χ0n) is 20.5. The zero-order valence-corrected chi connectivity index (χ0v) is 21.3. The summed E-state index contributed by atoms with van der Waals surface area (Å²) in [6, 6.07) is 21.1. The molecule has 9 nitrogen and oxygen atoms in total. The molecule has 10 heteroatoms. The number of carbonyl (C=O) groups is 1. The lowest BCUT2D eigenvalue weighted by Crippen LogP contribution is -2.34. The van der Waals surface area contributed by atoms with Crippen LogP contribution in [0.4, 0.5) is 11.4 Å². The third-order valence-corrected chi connectivity index (χ3v) is 6.88. The molecule has 0 bridgehead atoms. The molecule has 3 aromatic carbocycles. The molecule has 4 aromatic rings. The average Bonchev–Trinajstić information content (AvgIpc) is 3.21. The number of hydrogen-bond acceptors (Lipinski definition) is 7. The zero-order chi connectivity index (χ0) is 26.6. The van der Waals surface area contributed by atoms with Crippen molar-refractivity contribution in [3.05, 3.63) is 89.5 Å². The number of aromatic hydroxyl groups is 1. The summed E-state index contributed by atoms with van der Waals surface area (Å²) in [5.41, 5.74) is 9.30. The number of fused-ring (bicyclic) bond motifs is 1. The quantitative estimate of drug-likeness (QED) is 0.226. The van der Waals surface area contributed by atoms with E-state index in [9.17, 15) is 18.3 Å². The number of benzene rings is 3. The molecule has 0 aliphatic heterocycles. The molecular formula is C27H28N4O5S. The lowest BCUT2D eigenvalue weighted by Gasteiger charge is -2.21.